The van der Waals surface area contributed by atoms with Gasteiger partial charge >= 0.3 is 0 Å². The van der Waals surface area contributed by atoms with Gasteiger partial charge in [-0.15, -0.1) is 35.0 Å². The van der Waals surface area contributed by atoms with Crippen molar-refractivity contribution in [1.29, 1.82) is 0 Å². The zero-order chi connectivity index (χ0) is 16.0. The van der Waals surface area contributed by atoms with Crippen LogP contribution in [-0.4, -0.2) is 9.08 Å². The fourth-order valence-corrected chi connectivity index (χ4v) is 8.43. The van der Waals surface area contributed by atoms with Gasteiger partial charge in [0.05, 0.1) is 14.8 Å². The van der Waals surface area contributed by atoms with Gasteiger partial charge in [0.25, 0.3) is 0 Å². The van der Waals surface area contributed by atoms with Crippen molar-refractivity contribution in [2.24, 2.45) is 0 Å². The van der Waals surface area contributed by atoms with E-state index in [4.69, 9.17) is 46.4 Å². The molecule has 2 aromatic rings. The van der Waals surface area contributed by atoms with Gasteiger partial charge in [-0.2, -0.15) is 0 Å². The van der Waals surface area contributed by atoms with Crippen LogP contribution >= 0.6 is 58.2 Å². The molecule has 2 aromatic carbocycles. The van der Waals surface area contributed by atoms with E-state index in [1.54, 1.807) is 11.8 Å². The fraction of sp³-hybridized carbons (Fsp3) is 0.222. The van der Waals surface area contributed by atoms with Crippen molar-refractivity contribution in [1.82, 2.24) is 0 Å². The first-order chi connectivity index (χ1) is 10.9. The van der Waals surface area contributed by atoms with E-state index in [0.29, 0.717) is 16.5 Å². The lowest BCUT2D eigenvalue weighted by Crippen LogP contribution is -2.41. The molecule has 0 unspecified atom stereocenters. The van der Waals surface area contributed by atoms with Gasteiger partial charge in [-0.1, -0.05) is 71.7 Å². The van der Waals surface area contributed by atoms with Crippen LogP contribution in [-0.2, 0) is 4.75 Å². The SMILES string of the molecule is ClC1=C(Cl)[C@]2(Cl)C[C@@]1(Cl)SC21c2ccccc2-c2ccccc21. The summed E-state index contributed by atoms with van der Waals surface area (Å²) in [5.74, 6) is 0. The van der Waals surface area contributed by atoms with Gasteiger partial charge in [-0.3, -0.25) is 0 Å². The van der Waals surface area contributed by atoms with Gasteiger partial charge in [0.2, 0.25) is 0 Å². The third-order valence-electron chi connectivity index (χ3n) is 5.12. The molecule has 23 heavy (non-hydrogen) atoms. The van der Waals surface area contributed by atoms with Gasteiger partial charge in [-0.05, 0) is 22.3 Å². The van der Waals surface area contributed by atoms with Crippen LogP contribution in [0.25, 0.3) is 11.1 Å². The lowest BCUT2D eigenvalue weighted by molar-refractivity contribution is 0.585. The standard InChI is InChI=1S/C18H10Cl4S/c19-14-15(20)17(22)9-16(14,21)18(23-17)12-7-3-1-5-10(12)11-6-2-4-8-13(11)18/h1-8H,9H2/t16-,17-/m1/s1. The topological polar surface area (TPSA) is 0 Å². The first kappa shape index (κ1) is 15.0. The number of halogens is 4. The second kappa shape index (κ2) is 4.45. The van der Waals surface area contributed by atoms with E-state index in [1.165, 1.54) is 22.3 Å². The van der Waals surface area contributed by atoms with Gasteiger partial charge in [0.1, 0.15) is 9.08 Å². The molecule has 1 saturated heterocycles. The minimum Gasteiger partial charge on any atom is -0.114 e. The average Bonchev–Trinajstić information content (AvgIpc) is 3.05. The van der Waals surface area contributed by atoms with Crippen molar-refractivity contribution >= 4 is 58.2 Å². The van der Waals surface area contributed by atoms with E-state index in [0.717, 1.165) is 0 Å². The Bertz CT molecular complexity index is 860. The first-order valence-electron chi connectivity index (χ1n) is 7.28. The molecule has 2 bridgehead atoms. The molecule has 1 heterocycles. The van der Waals surface area contributed by atoms with Crippen LogP contribution in [0.1, 0.15) is 17.5 Å². The van der Waals surface area contributed by atoms with Crippen molar-refractivity contribution < 1.29 is 0 Å². The molecule has 2 aliphatic carbocycles. The van der Waals surface area contributed by atoms with Crippen LogP contribution in [0.2, 0.25) is 0 Å². The molecule has 5 heteroatoms. The number of rotatable bonds is 0. The Hall–Kier alpha value is -0.310. The van der Waals surface area contributed by atoms with Crippen LogP contribution in [0, 0.1) is 0 Å². The number of hydrogen-bond donors (Lipinski definition) is 0. The van der Waals surface area contributed by atoms with E-state index in [2.05, 4.69) is 24.3 Å². The predicted molar refractivity (Wildman–Crippen MR) is 101 cm³/mol. The molecule has 5 rings (SSSR count). The van der Waals surface area contributed by atoms with Gasteiger partial charge in [-0.25, -0.2) is 0 Å². The highest BCUT2D eigenvalue weighted by atomic mass is 35.5. The maximum absolute atomic E-state index is 7.17. The van der Waals surface area contributed by atoms with Crippen LogP contribution in [0.15, 0.2) is 58.6 Å². The van der Waals surface area contributed by atoms with Crippen LogP contribution in [0.5, 0.6) is 0 Å². The summed E-state index contributed by atoms with van der Waals surface area (Å²) in [6.07, 6.45) is 0.522. The molecular formula is C18H10Cl4S. The Labute approximate surface area is 158 Å². The smallest absolute Gasteiger partial charge is 0.114 e. The number of allylic oxidation sites excluding steroid dienone is 1. The summed E-state index contributed by atoms with van der Waals surface area (Å²) in [4.78, 5) is -0.819. The molecule has 0 amide bonds. The van der Waals surface area contributed by atoms with Crippen molar-refractivity contribution in [2.75, 3.05) is 0 Å². The lowest BCUT2D eigenvalue weighted by atomic mass is 9.82. The molecule has 0 radical (unpaired) electrons. The Morgan fingerprint density at radius 2 is 1.30 bits per heavy atom. The van der Waals surface area contributed by atoms with Gasteiger partial charge in [0.15, 0.2) is 0 Å². The van der Waals surface area contributed by atoms with Crippen molar-refractivity contribution in [3.8, 4) is 11.1 Å². The second-order valence-corrected chi connectivity index (χ2v) is 9.99. The monoisotopic (exact) mass is 398 g/mol. The predicted octanol–water partition coefficient (Wildman–Crippen LogP) is 6.66. The Balaban J connectivity index is 1.92. The van der Waals surface area contributed by atoms with Crippen molar-refractivity contribution in [2.45, 2.75) is 20.2 Å². The molecule has 0 saturated carbocycles. The Kier molecular flexibility index (Phi) is 2.90. The molecule has 0 N–H and O–H groups in total. The maximum Gasteiger partial charge on any atom is 0.130 e. The second-order valence-electron chi connectivity index (χ2n) is 6.21. The summed E-state index contributed by atoms with van der Waals surface area (Å²) < 4.78 is -1.26. The minimum atomic E-state index is -0.819. The van der Waals surface area contributed by atoms with E-state index < -0.39 is 13.8 Å². The highest BCUT2D eigenvalue weighted by Gasteiger charge is 2.74. The molecule has 2 atom stereocenters. The molecule has 1 fully saturated rings. The zero-order valence-electron chi connectivity index (χ0n) is 11.7. The van der Waals surface area contributed by atoms with Gasteiger partial charge < -0.3 is 0 Å². The summed E-state index contributed by atoms with van der Waals surface area (Å²) in [5.41, 5.74) is 4.74. The van der Waals surface area contributed by atoms with E-state index in [9.17, 15) is 0 Å². The van der Waals surface area contributed by atoms with Crippen molar-refractivity contribution in [3.05, 3.63) is 69.7 Å². The summed E-state index contributed by atoms with van der Waals surface area (Å²) in [7, 11) is 0. The van der Waals surface area contributed by atoms with E-state index in [-0.39, 0.29) is 0 Å². The minimum absolute atomic E-state index is 0.480. The van der Waals surface area contributed by atoms with Crippen LogP contribution in [0.3, 0.4) is 0 Å². The normalized spacial score (nSPS) is 32.5. The van der Waals surface area contributed by atoms with Crippen LogP contribution in [0.4, 0.5) is 0 Å². The maximum atomic E-state index is 7.17. The molecule has 3 aliphatic rings. The molecular weight excluding hydrogens is 390 g/mol. The number of alkyl halides is 2. The third-order valence-corrected chi connectivity index (χ3v) is 9.58. The summed E-state index contributed by atoms with van der Waals surface area (Å²) in [6, 6.07) is 16.7. The molecule has 1 spiro atoms. The van der Waals surface area contributed by atoms with Crippen LogP contribution < -0.4 is 0 Å². The number of fused-ring (bicyclic) bond motifs is 8. The highest BCUT2D eigenvalue weighted by Crippen LogP contribution is 2.80. The van der Waals surface area contributed by atoms with Crippen molar-refractivity contribution in [3.63, 3.8) is 0 Å². The summed E-state index contributed by atoms with van der Waals surface area (Å²) in [5, 5.41) is 0.967. The number of benzene rings is 2. The Morgan fingerprint density at radius 1 is 0.783 bits per heavy atom. The van der Waals surface area contributed by atoms with Gasteiger partial charge in [0, 0.05) is 6.42 Å². The fourth-order valence-electron chi connectivity index (χ4n) is 4.22. The quantitative estimate of drug-likeness (QED) is 0.446. The average molecular weight is 400 g/mol. The summed E-state index contributed by atoms with van der Waals surface area (Å²) >= 11 is 28.7. The lowest BCUT2D eigenvalue weighted by Gasteiger charge is -2.41. The molecule has 116 valence electrons. The number of thioether (sulfide) groups is 1. The molecule has 0 nitrogen and oxygen atoms in total. The molecule has 1 aliphatic heterocycles. The zero-order valence-corrected chi connectivity index (χ0v) is 15.6. The third kappa shape index (κ3) is 1.51. The van der Waals surface area contributed by atoms with E-state index in [1.807, 2.05) is 24.3 Å². The first-order valence-corrected chi connectivity index (χ1v) is 9.60. The largest absolute Gasteiger partial charge is 0.130 e. The highest BCUT2D eigenvalue weighted by molar-refractivity contribution is 8.04. The summed E-state index contributed by atoms with van der Waals surface area (Å²) in [6.45, 7) is 0. The van der Waals surface area contributed by atoms with E-state index >= 15 is 0 Å². The number of hydrogen-bond acceptors (Lipinski definition) is 1. The Morgan fingerprint density at radius 3 is 1.78 bits per heavy atom. The molecule has 0 aromatic heterocycles.